The highest BCUT2D eigenvalue weighted by Crippen LogP contribution is 2.09. The Hall–Kier alpha value is -1.68. The summed E-state index contributed by atoms with van der Waals surface area (Å²) in [4.78, 5) is 4.02. The SMILES string of the molecule is C[C@@H](NCCc1ccnn1C)c1ccncc1. The number of nitrogens with one attached hydrogen (secondary N) is 1. The summed E-state index contributed by atoms with van der Waals surface area (Å²) in [5.41, 5.74) is 2.52. The Balaban J connectivity index is 1.81. The van der Waals surface area contributed by atoms with Crippen molar-refractivity contribution < 1.29 is 0 Å². The van der Waals surface area contributed by atoms with E-state index in [0.717, 1.165) is 13.0 Å². The summed E-state index contributed by atoms with van der Waals surface area (Å²) in [6, 6.07) is 6.49. The summed E-state index contributed by atoms with van der Waals surface area (Å²) >= 11 is 0. The predicted octanol–water partition coefficient (Wildman–Crippen LogP) is 1.71. The van der Waals surface area contributed by atoms with Gasteiger partial charge in [0.15, 0.2) is 0 Å². The fourth-order valence-electron chi connectivity index (χ4n) is 1.83. The van der Waals surface area contributed by atoms with Crippen molar-refractivity contribution in [1.82, 2.24) is 20.1 Å². The highest BCUT2D eigenvalue weighted by Gasteiger charge is 2.04. The number of nitrogens with zero attached hydrogens (tertiary/aromatic N) is 3. The molecule has 17 heavy (non-hydrogen) atoms. The van der Waals surface area contributed by atoms with Crippen LogP contribution >= 0.6 is 0 Å². The second-order valence-electron chi connectivity index (χ2n) is 4.15. The highest BCUT2D eigenvalue weighted by molar-refractivity contribution is 5.14. The average Bonchev–Trinajstić information content (AvgIpc) is 2.76. The second kappa shape index (κ2) is 5.59. The molecule has 0 radical (unpaired) electrons. The lowest BCUT2D eigenvalue weighted by molar-refractivity contribution is 0.563. The number of pyridine rings is 1. The Morgan fingerprint density at radius 1 is 1.24 bits per heavy atom. The zero-order valence-corrected chi connectivity index (χ0v) is 10.3. The lowest BCUT2D eigenvalue weighted by Gasteiger charge is -2.13. The molecule has 2 aromatic rings. The Labute approximate surface area is 102 Å². The zero-order chi connectivity index (χ0) is 12.1. The monoisotopic (exact) mass is 230 g/mol. The molecule has 0 saturated carbocycles. The summed E-state index contributed by atoms with van der Waals surface area (Å²) < 4.78 is 1.92. The summed E-state index contributed by atoms with van der Waals surface area (Å²) in [6.07, 6.45) is 6.48. The molecule has 0 aromatic carbocycles. The number of aromatic nitrogens is 3. The van der Waals surface area contributed by atoms with E-state index in [9.17, 15) is 0 Å². The average molecular weight is 230 g/mol. The first kappa shape index (κ1) is 11.8. The Bertz CT molecular complexity index is 449. The van der Waals surface area contributed by atoms with Crippen LogP contribution in [-0.4, -0.2) is 21.3 Å². The third-order valence-corrected chi connectivity index (χ3v) is 2.96. The van der Waals surface area contributed by atoms with Gasteiger partial charge in [-0.25, -0.2) is 0 Å². The number of hydrogen-bond donors (Lipinski definition) is 1. The van der Waals surface area contributed by atoms with Gasteiger partial charge in [0, 0.05) is 50.3 Å². The van der Waals surface area contributed by atoms with Crippen LogP contribution in [0.1, 0.15) is 24.2 Å². The quantitative estimate of drug-likeness (QED) is 0.850. The van der Waals surface area contributed by atoms with Crippen LogP contribution in [0, 0.1) is 0 Å². The van der Waals surface area contributed by atoms with E-state index in [2.05, 4.69) is 28.4 Å². The van der Waals surface area contributed by atoms with Crippen LogP contribution in [0.3, 0.4) is 0 Å². The number of rotatable bonds is 5. The molecule has 90 valence electrons. The molecule has 4 heteroatoms. The number of hydrogen-bond acceptors (Lipinski definition) is 3. The first-order valence-corrected chi connectivity index (χ1v) is 5.87. The molecule has 4 nitrogen and oxygen atoms in total. The van der Waals surface area contributed by atoms with Gasteiger partial charge in [-0.2, -0.15) is 5.10 Å². The van der Waals surface area contributed by atoms with Crippen LogP contribution in [0.25, 0.3) is 0 Å². The summed E-state index contributed by atoms with van der Waals surface area (Å²) in [6.45, 7) is 3.11. The van der Waals surface area contributed by atoms with Gasteiger partial charge in [0.25, 0.3) is 0 Å². The molecule has 1 N–H and O–H groups in total. The van der Waals surface area contributed by atoms with E-state index < -0.39 is 0 Å². The van der Waals surface area contributed by atoms with Crippen molar-refractivity contribution in [3.8, 4) is 0 Å². The van der Waals surface area contributed by atoms with Gasteiger partial charge < -0.3 is 5.32 Å². The van der Waals surface area contributed by atoms with E-state index in [1.54, 1.807) is 0 Å². The van der Waals surface area contributed by atoms with Gasteiger partial charge in [0.2, 0.25) is 0 Å². The fourth-order valence-corrected chi connectivity index (χ4v) is 1.83. The van der Waals surface area contributed by atoms with E-state index in [1.165, 1.54) is 11.3 Å². The fraction of sp³-hybridized carbons (Fsp3) is 0.385. The van der Waals surface area contributed by atoms with Crippen molar-refractivity contribution in [2.24, 2.45) is 7.05 Å². The molecule has 0 saturated heterocycles. The van der Waals surface area contributed by atoms with E-state index >= 15 is 0 Å². The van der Waals surface area contributed by atoms with Gasteiger partial charge in [-0.05, 0) is 30.7 Å². The van der Waals surface area contributed by atoms with Gasteiger partial charge in [0.1, 0.15) is 0 Å². The topological polar surface area (TPSA) is 42.7 Å². The number of aryl methyl sites for hydroxylation is 1. The molecule has 1 atom stereocenters. The Morgan fingerprint density at radius 3 is 2.65 bits per heavy atom. The van der Waals surface area contributed by atoms with Crippen molar-refractivity contribution in [2.75, 3.05) is 6.54 Å². The molecule has 0 amide bonds. The first-order chi connectivity index (χ1) is 8.27. The minimum absolute atomic E-state index is 0.353. The maximum atomic E-state index is 4.15. The van der Waals surface area contributed by atoms with E-state index in [1.807, 2.05) is 42.5 Å². The molecule has 0 aliphatic heterocycles. The maximum Gasteiger partial charge on any atom is 0.0492 e. The highest BCUT2D eigenvalue weighted by atomic mass is 15.3. The third-order valence-electron chi connectivity index (χ3n) is 2.96. The van der Waals surface area contributed by atoms with Gasteiger partial charge >= 0.3 is 0 Å². The van der Waals surface area contributed by atoms with Crippen LogP contribution in [0.4, 0.5) is 0 Å². The summed E-state index contributed by atoms with van der Waals surface area (Å²) in [7, 11) is 1.97. The van der Waals surface area contributed by atoms with Crippen LogP contribution < -0.4 is 5.32 Å². The molecule has 2 aromatic heterocycles. The summed E-state index contributed by atoms with van der Waals surface area (Å²) in [5.74, 6) is 0. The van der Waals surface area contributed by atoms with E-state index in [-0.39, 0.29) is 0 Å². The van der Waals surface area contributed by atoms with Crippen molar-refractivity contribution in [3.63, 3.8) is 0 Å². The molecule has 2 heterocycles. The molecule has 0 unspecified atom stereocenters. The Morgan fingerprint density at radius 2 is 2.00 bits per heavy atom. The standard InChI is InChI=1S/C13H18N4/c1-11(12-3-7-14-8-4-12)15-9-5-13-6-10-16-17(13)2/h3-4,6-8,10-11,15H,5,9H2,1-2H3/t11-/m1/s1. The van der Waals surface area contributed by atoms with Crippen molar-refractivity contribution in [2.45, 2.75) is 19.4 Å². The lowest BCUT2D eigenvalue weighted by atomic mass is 10.1. The van der Waals surface area contributed by atoms with Gasteiger partial charge in [-0.1, -0.05) is 0 Å². The molecular weight excluding hydrogens is 212 g/mol. The van der Waals surface area contributed by atoms with Crippen LogP contribution in [0.15, 0.2) is 36.8 Å². The van der Waals surface area contributed by atoms with Crippen LogP contribution in [-0.2, 0) is 13.5 Å². The van der Waals surface area contributed by atoms with Gasteiger partial charge in [0.05, 0.1) is 0 Å². The predicted molar refractivity (Wildman–Crippen MR) is 67.6 cm³/mol. The third kappa shape index (κ3) is 3.14. The largest absolute Gasteiger partial charge is 0.310 e. The first-order valence-electron chi connectivity index (χ1n) is 5.87. The minimum Gasteiger partial charge on any atom is -0.310 e. The van der Waals surface area contributed by atoms with Crippen molar-refractivity contribution >= 4 is 0 Å². The Kier molecular flexibility index (Phi) is 3.88. The van der Waals surface area contributed by atoms with Gasteiger partial charge in [-0.15, -0.1) is 0 Å². The van der Waals surface area contributed by atoms with Crippen LogP contribution in [0.5, 0.6) is 0 Å². The molecule has 0 aliphatic carbocycles. The molecular formula is C13H18N4. The lowest BCUT2D eigenvalue weighted by Crippen LogP contribution is -2.22. The van der Waals surface area contributed by atoms with Crippen molar-refractivity contribution in [3.05, 3.63) is 48.0 Å². The minimum atomic E-state index is 0.353. The maximum absolute atomic E-state index is 4.15. The molecule has 0 aliphatic rings. The van der Waals surface area contributed by atoms with Crippen molar-refractivity contribution in [1.29, 1.82) is 0 Å². The van der Waals surface area contributed by atoms with E-state index in [0.29, 0.717) is 6.04 Å². The smallest absolute Gasteiger partial charge is 0.0492 e. The van der Waals surface area contributed by atoms with Crippen LogP contribution in [0.2, 0.25) is 0 Å². The molecule has 0 spiro atoms. The zero-order valence-electron chi connectivity index (χ0n) is 10.3. The second-order valence-corrected chi connectivity index (χ2v) is 4.15. The normalized spacial score (nSPS) is 12.6. The molecule has 0 fully saturated rings. The molecule has 0 bridgehead atoms. The molecule has 2 rings (SSSR count). The van der Waals surface area contributed by atoms with E-state index in [4.69, 9.17) is 0 Å². The summed E-state index contributed by atoms with van der Waals surface area (Å²) in [5, 5.41) is 7.65. The van der Waals surface area contributed by atoms with Gasteiger partial charge in [-0.3, -0.25) is 9.67 Å².